The van der Waals surface area contributed by atoms with Crippen LogP contribution in [0.15, 0.2) is 12.3 Å². The van der Waals surface area contributed by atoms with Crippen LogP contribution in [0.4, 0.5) is 5.82 Å². The lowest BCUT2D eigenvalue weighted by Gasteiger charge is -2.33. The van der Waals surface area contributed by atoms with Crippen molar-refractivity contribution in [3.05, 3.63) is 17.8 Å². The molecule has 0 saturated carbocycles. The SMILES string of the molecule is CCC(C)c1ccnc2c1OCC1CC(OC3CCOC3)CN21. The lowest BCUT2D eigenvalue weighted by molar-refractivity contribution is -0.00632. The predicted molar refractivity (Wildman–Crippen MR) is 88.3 cm³/mol. The van der Waals surface area contributed by atoms with Crippen molar-refractivity contribution in [1.29, 1.82) is 0 Å². The van der Waals surface area contributed by atoms with E-state index in [1.807, 2.05) is 6.20 Å². The highest BCUT2D eigenvalue weighted by atomic mass is 16.6. The molecule has 23 heavy (non-hydrogen) atoms. The first-order valence-corrected chi connectivity index (χ1v) is 8.87. The Balaban J connectivity index is 1.53. The van der Waals surface area contributed by atoms with E-state index in [4.69, 9.17) is 14.2 Å². The molecule has 2 saturated heterocycles. The van der Waals surface area contributed by atoms with E-state index in [1.54, 1.807) is 0 Å². The fourth-order valence-corrected chi connectivity index (χ4v) is 3.87. The highest BCUT2D eigenvalue weighted by molar-refractivity contribution is 5.60. The van der Waals surface area contributed by atoms with Crippen LogP contribution in [0, 0.1) is 0 Å². The number of rotatable bonds is 4. The second kappa shape index (κ2) is 6.29. The predicted octanol–water partition coefficient (Wildman–Crippen LogP) is 2.74. The molecule has 1 aromatic heterocycles. The molecule has 4 unspecified atom stereocenters. The van der Waals surface area contributed by atoms with Crippen LogP contribution in [-0.2, 0) is 9.47 Å². The number of fused-ring (bicyclic) bond motifs is 3. The largest absolute Gasteiger partial charge is 0.487 e. The van der Waals surface area contributed by atoms with Crippen molar-refractivity contribution in [2.45, 2.75) is 57.3 Å². The Kier molecular flexibility index (Phi) is 4.16. The Hall–Kier alpha value is -1.33. The van der Waals surface area contributed by atoms with Gasteiger partial charge in [-0.1, -0.05) is 13.8 Å². The van der Waals surface area contributed by atoms with Gasteiger partial charge in [0.05, 0.1) is 24.9 Å². The molecule has 0 radical (unpaired) electrons. The van der Waals surface area contributed by atoms with Gasteiger partial charge in [0, 0.05) is 24.9 Å². The number of aromatic nitrogens is 1. The summed E-state index contributed by atoms with van der Waals surface area (Å²) < 4.78 is 17.8. The highest BCUT2D eigenvalue weighted by Gasteiger charge is 2.40. The summed E-state index contributed by atoms with van der Waals surface area (Å²) in [4.78, 5) is 7.02. The Labute approximate surface area is 137 Å². The summed E-state index contributed by atoms with van der Waals surface area (Å²) in [5.74, 6) is 2.49. The van der Waals surface area contributed by atoms with Crippen molar-refractivity contribution in [2.24, 2.45) is 0 Å². The van der Waals surface area contributed by atoms with Crippen LogP contribution < -0.4 is 9.64 Å². The Morgan fingerprint density at radius 3 is 3.09 bits per heavy atom. The third kappa shape index (κ3) is 2.81. The van der Waals surface area contributed by atoms with Crippen LogP contribution in [0.1, 0.15) is 44.6 Å². The van der Waals surface area contributed by atoms with E-state index < -0.39 is 0 Å². The van der Waals surface area contributed by atoms with Gasteiger partial charge < -0.3 is 19.1 Å². The minimum Gasteiger partial charge on any atom is -0.487 e. The molecule has 3 aliphatic rings. The summed E-state index contributed by atoms with van der Waals surface area (Å²) in [7, 11) is 0. The van der Waals surface area contributed by atoms with Gasteiger partial charge in [-0.05, 0) is 31.2 Å². The molecule has 4 atom stereocenters. The van der Waals surface area contributed by atoms with Gasteiger partial charge in [-0.15, -0.1) is 0 Å². The first-order chi connectivity index (χ1) is 11.3. The summed E-state index contributed by atoms with van der Waals surface area (Å²) in [6, 6.07) is 2.49. The molecule has 1 aromatic rings. The normalized spacial score (nSPS) is 30.7. The van der Waals surface area contributed by atoms with E-state index in [0.717, 1.165) is 57.2 Å². The zero-order valence-electron chi connectivity index (χ0n) is 14.0. The number of pyridine rings is 1. The molecule has 2 fully saturated rings. The van der Waals surface area contributed by atoms with Crippen LogP contribution in [0.3, 0.4) is 0 Å². The molecule has 0 aliphatic carbocycles. The molecule has 126 valence electrons. The van der Waals surface area contributed by atoms with Gasteiger partial charge in [0.2, 0.25) is 0 Å². The fourth-order valence-electron chi connectivity index (χ4n) is 3.87. The molecule has 0 bridgehead atoms. The van der Waals surface area contributed by atoms with E-state index in [9.17, 15) is 0 Å². The van der Waals surface area contributed by atoms with E-state index in [0.29, 0.717) is 12.0 Å². The molecular formula is C18H26N2O3. The molecule has 4 rings (SSSR count). The minimum atomic E-state index is 0.260. The molecule has 0 spiro atoms. The number of nitrogens with zero attached hydrogens (tertiary/aromatic N) is 2. The standard InChI is InChI=1S/C18H26N2O3/c1-3-12(2)16-4-6-19-18-17(16)22-10-13-8-15(9-20(13)18)23-14-5-7-21-11-14/h4,6,12-15H,3,5,7-11H2,1-2H3. The summed E-state index contributed by atoms with van der Waals surface area (Å²) in [6.07, 6.45) is 5.59. The summed E-state index contributed by atoms with van der Waals surface area (Å²) in [5, 5.41) is 0. The van der Waals surface area contributed by atoms with Gasteiger partial charge in [-0.3, -0.25) is 0 Å². The number of anilines is 1. The van der Waals surface area contributed by atoms with Gasteiger partial charge >= 0.3 is 0 Å². The third-order valence-corrected chi connectivity index (χ3v) is 5.40. The second-order valence-electron chi connectivity index (χ2n) is 6.96. The van der Waals surface area contributed by atoms with E-state index >= 15 is 0 Å². The van der Waals surface area contributed by atoms with Gasteiger partial charge in [0.25, 0.3) is 0 Å². The number of hydrogen-bond acceptors (Lipinski definition) is 5. The van der Waals surface area contributed by atoms with Crippen molar-refractivity contribution < 1.29 is 14.2 Å². The topological polar surface area (TPSA) is 43.8 Å². The molecular weight excluding hydrogens is 292 g/mol. The minimum absolute atomic E-state index is 0.260. The molecule has 4 heterocycles. The van der Waals surface area contributed by atoms with Crippen LogP contribution in [0.2, 0.25) is 0 Å². The molecule has 5 nitrogen and oxygen atoms in total. The van der Waals surface area contributed by atoms with Crippen molar-refractivity contribution in [1.82, 2.24) is 4.98 Å². The van der Waals surface area contributed by atoms with Gasteiger partial charge in [0.15, 0.2) is 11.6 Å². The van der Waals surface area contributed by atoms with Gasteiger partial charge in [-0.25, -0.2) is 4.98 Å². The lowest BCUT2D eigenvalue weighted by Crippen LogP contribution is -2.39. The maximum absolute atomic E-state index is 6.23. The molecule has 3 aliphatic heterocycles. The summed E-state index contributed by atoms with van der Waals surface area (Å²) in [6.45, 7) is 7.69. The maximum Gasteiger partial charge on any atom is 0.172 e. The molecule has 0 amide bonds. The van der Waals surface area contributed by atoms with Crippen LogP contribution >= 0.6 is 0 Å². The Morgan fingerprint density at radius 1 is 1.39 bits per heavy atom. The zero-order chi connectivity index (χ0) is 15.8. The number of hydrogen-bond donors (Lipinski definition) is 0. The smallest absolute Gasteiger partial charge is 0.172 e. The summed E-state index contributed by atoms with van der Waals surface area (Å²) in [5.41, 5.74) is 1.28. The van der Waals surface area contributed by atoms with Crippen molar-refractivity contribution in [3.8, 4) is 5.75 Å². The average Bonchev–Trinajstić information content (AvgIpc) is 3.23. The van der Waals surface area contributed by atoms with Crippen molar-refractivity contribution in [3.63, 3.8) is 0 Å². The van der Waals surface area contributed by atoms with Gasteiger partial charge in [0.1, 0.15) is 6.61 Å². The quantitative estimate of drug-likeness (QED) is 0.854. The lowest BCUT2D eigenvalue weighted by atomic mass is 9.98. The van der Waals surface area contributed by atoms with E-state index in [2.05, 4.69) is 29.8 Å². The highest BCUT2D eigenvalue weighted by Crippen LogP contribution is 2.42. The van der Waals surface area contributed by atoms with Gasteiger partial charge in [-0.2, -0.15) is 0 Å². The van der Waals surface area contributed by atoms with Crippen LogP contribution in [0.5, 0.6) is 5.75 Å². The first kappa shape index (κ1) is 15.2. The first-order valence-electron chi connectivity index (χ1n) is 8.87. The second-order valence-corrected chi connectivity index (χ2v) is 6.96. The summed E-state index contributed by atoms with van der Waals surface area (Å²) >= 11 is 0. The Morgan fingerprint density at radius 2 is 2.30 bits per heavy atom. The Bertz CT molecular complexity index is 559. The monoisotopic (exact) mass is 318 g/mol. The number of ether oxygens (including phenoxy) is 3. The molecule has 0 N–H and O–H groups in total. The van der Waals surface area contributed by atoms with Crippen LogP contribution in [-0.4, -0.2) is 49.6 Å². The van der Waals surface area contributed by atoms with Crippen LogP contribution in [0.25, 0.3) is 0 Å². The average molecular weight is 318 g/mol. The fraction of sp³-hybridized carbons (Fsp3) is 0.722. The van der Waals surface area contributed by atoms with Crippen molar-refractivity contribution in [2.75, 3.05) is 31.3 Å². The van der Waals surface area contributed by atoms with E-state index in [1.165, 1.54) is 5.56 Å². The molecule has 5 heteroatoms. The molecule has 0 aromatic carbocycles. The maximum atomic E-state index is 6.23. The zero-order valence-corrected chi connectivity index (χ0v) is 14.0. The van der Waals surface area contributed by atoms with Crippen molar-refractivity contribution >= 4 is 5.82 Å². The third-order valence-electron chi connectivity index (χ3n) is 5.40. The van der Waals surface area contributed by atoms with E-state index in [-0.39, 0.29) is 12.2 Å².